The van der Waals surface area contributed by atoms with Gasteiger partial charge < -0.3 is 15.8 Å². The van der Waals surface area contributed by atoms with E-state index in [0.717, 1.165) is 5.69 Å². The number of rotatable bonds is 3. The molecule has 6 nitrogen and oxygen atoms in total. The Balaban J connectivity index is 2.84. The second-order valence-electron chi connectivity index (χ2n) is 3.40. The average Bonchev–Trinajstić information content (AvgIpc) is 2.67. The molecule has 0 aromatic carbocycles. The minimum Gasteiger partial charge on any atom is -0.358 e. The van der Waals surface area contributed by atoms with Crippen LogP contribution < -0.4 is 5.73 Å². The van der Waals surface area contributed by atoms with Crippen LogP contribution in [0.3, 0.4) is 0 Å². The lowest BCUT2D eigenvalue weighted by Gasteiger charge is -2.02. The molecule has 0 spiro atoms. The first kappa shape index (κ1) is 10.6. The molecule has 0 saturated carbocycles. The molecule has 0 radical (unpaired) electrons. The van der Waals surface area contributed by atoms with Gasteiger partial charge in [0.2, 0.25) is 5.82 Å². The summed E-state index contributed by atoms with van der Waals surface area (Å²) in [4.78, 5) is 14.4. The lowest BCUT2D eigenvalue weighted by atomic mass is 10.3. The van der Waals surface area contributed by atoms with Gasteiger partial charge in [-0.1, -0.05) is 13.0 Å². The number of pyridine rings is 1. The molecule has 0 amide bonds. The van der Waals surface area contributed by atoms with Crippen LogP contribution in [0.5, 0.6) is 0 Å². The minimum atomic E-state index is -0.464. The van der Waals surface area contributed by atoms with Gasteiger partial charge in [0.1, 0.15) is 5.52 Å². The SMILES string of the molecule is CCc1nc([N+](=O)[O-])c2cccc(CN)n12. The fourth-order valence-corrected chi connectivity index (χ4v) is 1.79. The Kier molecular flexibility index (Phi) is 2.57. The number of nitrogens with zero attached hydrogens (tertiary/aromatic N) is 3. The van der Waals surface area contributed by atoms with Crippen LogP contribution in [0, 0.1) is 10.1 Å². The van der Waals surface area contributed by atoms with Crippen LogP contribution in [0.15, 0.2) is 18.2 Å². The van der Waals surface area contributed by atoms with Crippen molar-refractivity contribution in [3.63, 3.8) is 0 Å². The fourth-order valence-electron chi connectivity index (χ4n) is 1.79. The highest BCUT2D eigenvalue weighted by Crippen LogP contribution is 2.22. The summed E-state index contributed by atoms with van der Waals surface area (Å²) in [6, 6.07) is 5.28. The lowest BCUT2D eigenvalue weighted by Crippen LogP contribution is -2.05. The zero-order valence-electron chi connectivity index (χ0n) is 8.88. The van der Waals surface area contributed by atoms with Crippen LogP contribution >= 0.6 is 0 Å². The van der Waals surface area contributed by atoms with Crippen LogP contribution in [-0.2, 0) is 13.0 Å². The van der Waals surface area contributed by atoms with Crippen molar-refractivity contribution in [1.82, 2.24) is 9.38 Å². The standard InChI is InChI=1S/C10H12N4O2/c1-2-9-12-10(14(15)16)8-5-3-4-7(6-11)13(8)9/h3-5H,2,6,11H2,1H3. The summed E-state index contributed by atoms with van der Waals surface area (Å²) in [6.45, 7) is 2.24. The Morgan fingerprint density at radius 1 is 1.56 bits per heavy atom. The quantitative estimate of drug-likeness (QED) is 0.623. The molecule has 2 rings (SSSR count). The van der Waals surface area contributed by atoms with E-state index in [0.29, 0.717) is 24.3 Å². The smallest absolute Gasteiger partial charge is 0.358 e. The number of hydrogen-bond acceptors (Lipinski definition) is 4. The molecule has 0 unspecified atom stereocenters. The summed E-state index contributed by atoms with van der Waals surface area (Å²) < 4.78 is 1.76. The minimum absolute atomic E-state index is 0.104. The average molecular weight is 220 g/mol. The third-order valence-electron chi connectivity index (χ3n) is 2.49. The molecule has 6 heteroatoms. The van der Waals surface area contributed by atoms with E-state index in [1.165, 1.54) is 0 Å². The molecular formula is C10H12N4O2. The van der Waals surface area contributed by atoms with Gasteiger partial charge >= 0.3 is 5.82 Å². The molecule has 0 aliphatic heterocycles. The van der Waals surface area contributed by atoms with E-state index >= 15 is 0 Å². The third kappa shape index (κ3) is 1.43. The zero-order chi connectivity index (χ0) is 11.7. The van der Waals surface area contributed by atoms with Crippen molar-refractivity contribution in [3.05, 3.63) is 39.8 Å². The van der Waals surface area contributed by atoms with Gasteiger partial charge in [-0.15, -0.1) is 0 Å². The van der Waals surface area contributed by atoms with Gasteiger partial charge in [-0.2, -0.15) is 0 Å². The molecule has 0 aliphatic rings. The topological polar surface area (TPSA) is 86.5 Å². The molecule has 0 atom stereocenters. The van der Waals surface area contributed by atoms with Crippen LogP contribution in [0.4, 0.5) is 5.82 Å². The molecule has 0 bridgehead atoms. The summed E-state index contributed by atoms with van der Waals surface area (Å²) in [6.07, 6.45) is 0.631. The van der Waals surface area contributed by atoms with Gasteiger partial charge in [-0.3, -0.25) is 4.40 Å². The monoisotopic (exact) mass is 220 g/mol. The van der Waals surface area contributed by atoms with Gasteiger partial charge in [0.25, 0.3) is 0 Å². The molecule has 0 saturated heterocycles. The van der Waals surface area contributed by atoms with Crippen LogP contribution in [-0.4, -0.2) is 14.3 Å². The summed E-state index contributed by atoms with van der Waals surface area (Å²) in [5, 5.41) is 10.8. The van der Waals surface area contributed by atoms with Crippen LogP contribution in [0.1, 0.15) is 18.4 Å². The van der Waals surface area contributed by atoms with Crippen molar-refractivity contribution < 1.29 is 4.92 Å². The number of imidazole rings is 1. The maximum absolute atomic E-state index is 10.8. The first-order valence-electron chi connectivity index (χ1n) is 5.02. The van der Waals surface area contributed by atoms with E-state index in [1.807, 2.05) is 13.0 Å². The van der Waals surface area contributed by atoms with Crippen molar-refractivity contribution in [3.8, 4) is 0 Å². The number of fused-ring (bicyclic) bond motifs is 1. The Morgan fingerprint density at radius 3 is 2.88 bits per heavy atom. The number of hydrogen-bond donors (Lipinski definition) is 1. The molecule has 0 fully saturated rings. The number of nitro groups is 1. The van der Waals surface area contributed by atoms with Crippen molar-refractivity contribution in [2.45, 2.75) is 19.9 Å². The second kappa shape index (κ2) is 3.90. The van der Waals surface area contributed by atoms with E-state index in [9.17, 15) is 10.1 Å². The summed E-state index contributed by atoms with van der Waals surface area (Å²) >= 11 is 0. The highest BCUT2D eigenvalue weighted by molar-refractivity contribution is 5.63. The molecule has 0 aliphatic carbocycles. The van der Waals surface area contributed by atoms with Gasteiger partial charge in [0.15, 0.2) is 0 Å². The summed E-state index contributed by atoms with van der Waals surface area (Å²) in [7, 11) is 0. The predicted molar refractivity (Wildman–Crippen MR) is 59.1 cm³/mol. The fraction of sp³-hybridized carbons (Fsp3) is 0.300. The van der Waals surface area contributed by atoms with Crippen molar-refractivity contribution in [1.29, 1.82) is 0 Å². The first-order valence-corrected chi connectivity index (χ1v) is 5.02. The maximum atomic E-state index is 10.8. The van der Waals surface area contributed by atoms with Gasteiger partial charge in [-0.05, 0) is 22.0 Å². The van der Waals surface area contributed by atoms with Crippen LogP contribution in [0.25, 0.3) is 5.52 Å². The molecule has 2 N–H and O–H groups in total. The van der Waals surface area contributed by atoms with Gasteiger partial charge in [-0.25, -0.2) is 0 Å². The second-order valence-corrected chi connectivity index (χ2v) is 3.40. The van der Waals surface area contributed by atoms with Gasteiger partial charge in [0, 0.05) is 18.7 Å². The molecule has 2 aromatic rings. The van der Waals surface area contributed by atoms with E-state index in [2.05, 4.69) is 4.98 Å². The van der Waals surface area contributed by atoms with E-state index in [4.69, 9.17) is 5.73 Å². The maximum Gasteiger partial charge on any atom is 0.389 e. The number of aryl methyl sites for hydroxylation is 1. The summed E-state index contributed by atoms with van der Waals surface area (Å²) in [5.74, 6) is 0.565. The highest BCUT2D eigenvalue weighted by atomic mass is 16.6. The van der Waals surface area contributed by atoms with Crippen LogP contribution in [0.2, 0.25) is 0 Å². The molecule has 2 heterocycles. The zero-order valence-corrected chi connectivity index (χ0v) is 8.88. The Hall–Kier alpha value is -1.95. The largest absolute Gasteiger partial charge is 0.389 e. The van der Waals surface area contributed by atoms with E-state index in [1.54, 1.807) is 16.5 Å². The van der Waals surface area contributed by atoms with Gasteiger partial charge in [0.05, 0.1) is 0 Å². The summed E-state index contributed by atoms with van der Waals surface area (Å²) in [5.41, 5.74) is 6.94. The number of aromatic nitrogens is 2. The molecule has 16 heavy (non-hydrogen) atoms. The number of nitrogens with two attached hydrogens (primary N) is 1. The van der Waals surface area contributed by atoms with E-state index < -0.39 is 4.92 Å². The van der Waals surface area contributed by atoms with Crippen molar-refractivity contribution in [2.24, 2.45) is 5.73 Å². The molecular weight excluding hydrogens is 208 g/mol. The Labute approximate surface area is 91.9 Å². The first-order chi connectivity index (χ1) is 7.69. The Bertz CT molecular complexity index is 547. The predicted octanol–water partition coefficient (Wildman–Crippen LogP) is 1.26. The Morgan fingerprint density at radius 2 is 2.31 bits per heavy atom. The lowest BCUT2D eigenvalue weighted by molar-refractivity contribution is -0.387. The molecule has 2 aromatic heterocycles. The normalized spacial score (nSPS) is 10.9. The van der Waals surface area contributed by atoms with Crippen molar-refractivity contribution in [2.75, 3.05) is 0 Å². The molecule has 84 valence electrons. The van der Waals surface area contributed by atoms with Crippen molar-refractivity contribution >= 4 is 11.3 Å². The highest BCUT2D eigenvalue weighted by Gasteiger charge is 2.21. The van der Waals surface area contributed by atoms with E-state index in [-0.39, 0.29) is 5.82 Å². The third-order valence-corrected chi connectivity index (χ3v) is 2.49.